The summed E-state index contributed by atoms with van der Waals surface area (Å²) in [7, 11) is 0. The minimum Gasteiger partial charge on any atom is -0.351 e. The Labute approximate surface area is 113 Å². The van der Waals surface area contributed by atoms with Crippen molar-refractivity contribution in [1.29, 1.82) is 0 Å². The van der Waals surface area contributed by atoms with Crippen LogP contribution in [0.2, 0.25) is 0 Å². The quantitative estimate of drug-likeness (QED) is 0.889. The summed E-state index contributed by atoms with van der Waals surface area (Å²) >= 11 is 0. The maximum Gasteiger partial charge on any atom is 0.147 e. The Morgan fingerprint density at radius 3 is 2.84 bits per heavy atom. The van der Waals surface area contributed by atoms with Crippen LogP contribution >= 0.6 is 0 Å². The van der Waals surface area contributed by atoms with Gasteiger partial charge in [-0.1, -0.05) is 24.3 Å². The lowest BCUT2D eigenvalue weighted by Crippen LogP contribution is -2.24. The molecule has 0 radical (unpaired) electrons. The number of aromatic nitrogens is 2. The molecule has 0 unspecified atom stereocenters. The highest BCUT2D eigenvalue weighted by Crippen LogP contribution is 2.22. The van der Waals surface area contributed by atoms with Crippen molar-refractivity contribution in [2.75, 3.05) is 11.4 Å². The second-order valence-corrected chi connectivity index (χ2v) is 4.87. The van der Waals surface area contributed by atoms with Gasteiger partial charge in [0.25, 0.3) is 0 Å². The molecule has 0 amide bonds. The van der Waals surface area contributed by atoms with E-state index in [0.717, 1.165) is 37.4 Å². The minimum atomic E-state index is 0.436. The molecule has 1 aliphatic heterocycles. The van der Waals surface area contributed by atoms with Crippen LogP contribution < -0.4 is 10.6 Å². The largest absolute Gasteiger partial charge is 0.351 e. The van der Waals surface area contributed by atoms with Crippen molar-refractivity contribution in [1.82, 2.24) is 9.97 Å². The first-order chi connectivity index (χ1) is 9.36. The Balaban J connectivity index is 1.89. The molecule has 19 heavy (non-hydrogen) atoms. The third-order valence-corrected chi connectivity index (χ3v) is 3.56. The molecule has 0 bridgehead atoms. The number of anilines is 1. The highest BCUT2D eigenvalue weighted by molar-refractivity contribution is 5.41. The van der Waals surface area contributed by atoms with Gasteiger partial charge in [-0.25, -0.2) is 4.98 Å². The molecule has 1 aromatic carbocycles. The smallest absolute Gasteiger partial charge is 0.147 e. The van der Waals surface area contributed by atoms with Crippen LogP contribution in [-0.2, 0) is 19.5 Å². The van der Waals surface area contributed by atoms with Crippen LogP contribution in [0.25, 0.3) is 0 Å². The predicted octanol–water partition coefficient (Wildman–Crippen LogP) is 1.89. The van der Waals surface area contributed by atoms with Crippen LogP contribution in [-0.4, -0.2) is 16.5 Å². The molecule has 98 valence electrons. The van der Waals surface area contributed by atoms with Crippen molar-refractivity contribution in [3.8, 4) is 0 Å². The highest BCUT2D eigenvalue weighted by Gasteiger charge is 2.15. The zero-order chi connectivity index (χ0) is 13.1. The summed E-state index contributed by atoms with van der Waals surface area (Å²) in [6.07, 6.45) is 5.84. The van der Waals surface area contributed by atoms with Gasteiger partial charge in [0.05, 0.1) is 11.9 Å². The van der Waals surface area contributed by atoms with Gasteiger partial charge in [-0.05, 0) is 24.0 Å². The van der Waals surface area contributed by atoms with Gasteiger partial charge in [-0.15, -0.1) is 0 Å². The van der Waals surface area contributed by atoms with Crippen molar-refractivity contribution in [2.24, 2.45) is 5.73 Å². The number of fused-ring (bicyclic) bond motifs is 1. The van der Waals surface area contributed by atoms with Gasteiger partial charge < -0.3 is 10.6 Å². The van der Waals surface area contributed by atoms with Crippen molar-refractivity contribution in [3.05, 3.63) is 53.5 Å². The maximum absolute atomic E-state index is 5.63. The van der Waals surface area contributed by atoms with Crippen LogP contribution in [0, 0.1) is 0 Å². The molecular weight excluding hydrogens is 236 g/mol. The Kier molecular flexibility index (Phi) is 3.42. The summed E-state index contributed by atoms with van der Waals surface area (Å²) in [5.74, 6) is 0.930. The van der Waals surface area contributed by atoms with E-state index in [2.05, 4.69) is 39.1 Å². The summed E-state index contributed by atoms with van der Waals surface area (Å²) in [5, 5.41) is 0. The lowest BCUT2D eigenvalue weighted by molar-refractivity contribution is 0.747. The maximum atomic E-state index is 5.63. The number of hydrogen-bond acceptors (Lipinski definition) is 4. The van der Waals surface area contributed by atoms with Crippen molar-refractivity contribution >= 4 is 5.82 Å². The van der Waals surface area contributed by atoms with E-state index in [9.17, 15) is 0 Å². The zero-order valence-corrected chi connectivity index (χ0v) is 10.9. The summed E-state index contributed by atoms with van der Waals surface area (Å²) in [6, 6.07) is 8.64. The van der Waals surface area contributed by atoms with E-state index in [1.165, 1.54) is 11.1 Å². The molecule has 1 aromatic heterocycles. The van der Waals surface area contributed by atoms with Crippen molar-refractivity contribution < 1.29 is 0 Å². The van der Waals surface area contributed by atoms with Crippen LogP contribution in [0.1, 0.15) is 23.2 Å². The second-order valence-electron chi connectivity index (χ2n) is 4.87. The zero-order valence-electron chi connectivity index (χ0n) is 10.9. The van der Waals surface area contributed by atoms with Gasteiger partial charge in [0.15, 0.2) is 0 Å². The van der Waals surface area contributed by atoms with E-state index in [1.54, 1.807) is 6.20 Å². The monoisotopic (exact) mass is 254 g/mol. The third-order valence-electron chi connectivity index (χ3n) is 3.56. The molecule has 0 spiro atoms. The number of hydrogen-bond donors (Lipinski definition) is 1. The lowest BCUT2D eigenvalue weighted by Gasteiger charge is -2.22. The average Bonchev–Trinajstić information content (AvgIpc) is 2.69. The van der Waals surface area contributed by atoms with Gasteiger partial charge in [-0.3, -0.25) is 4.98 Å². The van der Waals surface area contributed by atoms with Crippen molar-refractivity contribution in [3.63, 3.8) is 0 Å². The van der Waals surface area contributed by atoms with Gasteiger partial charge in [0, 0.05) is 25.8 Å². The minimum absolute atomic E-state index is 0.436. The average molecular weight is 254 g/mol. The topological polar surface area (TPSA) is 55.0 Å². The molecule has 3 rings (SSSR count). The molecule has 0 saturated heterocycles. The van der Waals surface area contributed by atoms with E-state index in [-0.39, 0.29) is 0 Å². The first-order valence-electron chi connectivity index (χ1n) is 6.69. The summed E-state index contributed by atoms with van der Waals surface area (Å²) in [5.41, 5.74) is 9.32. The Morgan fingerprint density at radius 1 is 1.16 bits per heavy atom. The van der Waals surface area contributed by atoms with Crippen LogP contribution in [0.5, 0.6) is 0 Å². The van der Waals surface area contributed by atoms with E-state index in [1.807, 2.05) is 6.20 Å². The van der Waals surface area contributed by atoms with E-state index in [0.29, 0.717) is 6.54 Å². The van der Waals surface area contributed by atoms with Crippen molar-refractivity contribution in [2.45, 2.75) is 25.9 Å². The summed E-state index contributed by atoms with van der Waals surface area (Å²) in [4.78, 5) is 11.1. The molecule has 0 aliphatic carbocycles. The Morgan fingerprint density at radius 2 is 2.00 bits per heavy atom. The van der Waals surface area contributed by atoms with Gasteiger partial charge in [0.2, 0.25) is 0 Å². The number of rotatable bonds is 2. The van der Waals surface area contributed by atoms with E-state index in [4.69, 9.17) is 5.73 Å². The highest BCUT2D eigenvalue weighted by atomic mass is 15.2. The van der Waals surface area contributed by atoms with Crippen LogP contribution in [0.4, 0.5) is 5.82 Å². The normalized spacial score (nSPS) is 14.9. The fourth-order valence-corrected chi connectivity index (χ4v) is 2.54. The molecule has 0 fully saturated rings. The van der Waals surface area contributed by atoms with Gasteiger partial charge in [0.1, 0.15) is 5.82 Å². The summed E-state index contributed by atoms with van der Waals surface area (Å²) < 4.78 is 0. The fraction of sp³-hybridized carbons (Fsp3) is 0.333. The molecule has 4 nitrogen and oxygen atoms in total. The first-order valence-corrected chi connectivity index (χ1v) is 6.69. The fourth-order valence-electron chi connectivity index (χ4n) is 2.54. The molecule has 4 heteroatoms. The second kappa shape index (κ2) is 5.36. The first kappa shape index (κ1) is 12.1. The van der Waals surface area contributed by atoms with Crippen LogP contribution in [0.3, 0.4) is 0 Å². The number of nitrogens with zero attached hydrogens (tertiary/aromatic N) is 3. The summed E-state index contributed by atoms with van der Waals surface area (Å²) in [6.45, 7) is 2.35. The van der Waals surface area contributed by atoms with E-state index < -0.39 is 0 Å². The standard InChI is InChI=1S/C15H18N4/c16-8-14-9-17-10-15(18-14)19-7-3-6-12-4-1-2-5-13(12)11-19/h1-2,4-5,9-10H,3,6-8,11,16H2. The predicted molar refractivity (Wildman–Crippen MR) is 75.7 cm³/mol. The molecule has 0 saturated carbocycles. The molecule has 1 aliphatic rings. The molecule has 2 heterocycles. The molecular formula is C15H18N4. The van der Waals surface area contributed by atoms with Gasteiger partial charge in [-0.2, -0.15) is 0 Å². The molecule has 2 N–H and O–H groups in total. The molecule has 0 atom stereocenters. The SMILES string of the molecule is NCc1cncc(N2CCCc3ccccc3C2)n1. The number of nitrogens with two attached hydrogens (primary N) is 1. The molecule has 2 aromatic rings. The van der Waals surface area contributed by atoms with E-state index >= 15 is 0 Å². The van der Waals surface area contributed by atoms with Crippen LogP contribution in [0.15, 0.2) is 36.7 Å². The third kappa shape index (κ3) is 2.58. The number of aryl methyl sites for hydroxylation is 1. The number of benzene rings is 1. The Bertz CT molecular complexity index is 568. The lowest BCUT2D eigenvalue weighted by atomic mass is 10.0. The van der Waals surface area contributed by atoms with Gasteiger partial charge >= 0.3 is 0 Å². The Hall–Kier alpha value is -1.94.